The average molecular weight is 187 g/mol. The molecule has 0 radical (unpaired) electrons. The van der Waals surface area contributed by atoms with Crippen LogP contribution in [0.3, 0.4) is 0 Å². The maximum Gasteiger partial charge on any atom is 0.0394 e. The average Bonchev–Trinajstić information content (AvgIpc) is 2.04. The third-order valence-electron chi connectivity index (χ3n) is 2.85. The molecule has 1 aliphatic rings. The first-order valence-corrected chi connectivity index (χ1v) is 5.07. The summed E-state index contributed by atoms with van der Waals surface area (Å²) in [4.78, 5) is 4.03. The van der Waals surface area contributed by atoms with Crippen LogP contribution >= 0.6 is 0 Å². The molecule has 2 heteroatoms. The van der Waals surface area contributed by atoms with Crippen LogP contribution in [-0.4, -0.2) is 47.5 Å². The van der Waals surface area contributed by atoms with Crippen molar-refractivity contribution in [3.63, 3.8) is 0 Å². The van der Waals surface area contributed by atoms with E-state index in [-0.39, 0.29) is 17.6 Å². The molecule has 0 aromatic rings. The van der Waals surface area contributed by atoms with Gasteiger partial charge in [-0.1, -0.05) is 0 Å². The van der Waals surface area contributed by atoms with Crippen LogP contribution in [0.2, 0.25) is 0 Å². The van der Waals surface area contributed by atoms with Crippen LogP contribution in [0.1, 0.15) is 38.7 Å². The summed E-state index contributed by atoms with van der Waals surface area (Å²) in [7, 11) is 0. The Kier molecular flexibility index (Phi) is 2.00. The molecule has 0 unspecified atom stereocenters. The monoisotopic (exact) mass is 187 g/mol. The van der Waals surface area contributed by atoms with E-state index in [1.807, 2.05) is 6.92 Å². The Hall–Kier alpha value is -0.0800. The normalized spacial score (nSPS) is 38.1. The number of nitrogens with zero attached hydrogens (tertiary/aromatic N) is 2. The largest absolute Gasteiger partial charge is 0.301 e. The highest BCUT2D eigenvalue weighted by molar-refractivity contribution is 4.89. The van der Waals surface area contributed by atoms with Gasteiger partial charge in [-0.25, -0.2) is 0 Å². The van der Waals surface area contributed by atoms with Gasteiger partial charge in [-0.2, -0.15) is 0 Å². The smallest absolute Gasteiger partial charge is 0.0394 e. The van der Waals surface area contributed by atoms with Gasteiger partial charge in [0.25, 0.3) is 0 Å². The molecule has 13 heavy (non-hydrogen) atoms. The minimum atomic E-state index is -1.96. The molecule has 0 saturated carbocycles. The Balaban J connectivity index is 2.79. The minimum absolute atomic E-state index is 0.0860. The summed E-state index contributed by atoms with van der Waals surface area (Å²) in [5.74, 6) is 0. The maximum absolute atomic E-state index is 7.51. The van der Waals surface area contributed by atoms with Gasteiger partial charge in [0.05, 0.1) is 0 Å². The van der Waals surface area contributed by atoms with Crippen LogP contribution in [0.25, 0.3) is 0 Å². The van der Waals surface area contributed by atoms with Crippen LogP contribution in [-0.2, 0) is 0 Å². The molecule has 2 nitrogen and oxygen atoms in total. The first-order valence-electron chi connectivity index (χ1n) is 6.57. The molecule has 2 atom stereocenters. The summed E-state index contributed by atoms with van der Waals surface area (Å²) in [6.07, 6.45) is 0. The molecule has 0 aliphatic carbocycles. The van der Waals surface area contributed by atoms with E-state index >= 15 is 0 Å². The molecular weight excluding hydrogens is 160 g/mol. The van der Waals surface area contributed by atoms with Crippen molar-refractivity contribution >= 4 is 0 Å². The third-order valence-corrected chi connectivity index (χ3v) is 2.85. The molecule has 1 rings (SSSR count). The van der Waals surface area contributed by atoms with Crippen molar-refractivity contribution in [3.05, 3.63) is 0 Å². The van der Waals surface area contributed by atoms with Gasteiger partial charge in [-0.05, 0) is 41.6 Å². The zero-order chi connectivity index (χ0) is 12.7. The van der Waals surface area contributed by atoms with Crippen molar-refractivity contribution in [2.75, 3.05) is 20.1 Å². The molecule has 0 aromatic carbocycles. The van der Waals surface area contributed by atoms with Crippen LogP contribution in [0.15, 0.2) is 0 Å². The zero-order valence-electron chi connectivity index (χ0n) is 12.5. The van der Waals surface area contributed by atoms with Crippen molar-refractivity contribution < 1.29 is 4.11 Å². The quantitative estimate of drug-likeness (QED) is 0.571. The predicted octanol–water partition coefficient (Wildman–Crippen LogP) is 1.81. The molecule has 0 bridgehead atoms. The highest BCUT2D eigenvalue weighted by Crippen LogP contribution is 2.22. The minimum Gasteiger partial charge on any atom is -0.301 e. The Bertz CT molecular complexity index is 219. The van der Waals surface area contributed by atoms with Crippen LogP contribution in [0.5, 0.6) is 0 Å². The first-order chi connectivity index (χ1) is 7.03. The van der Waals surface area contributed by atoms with Crippen LogP contribution < -0.4 is 0 Å². The molecule has 0 aromatic heterocycles. The van der Waals surface area contributed by atoms with E-state index < -0.39 is 6.98 Å². The molecule has 1 heterocycles. The Morgan fingerprint density at radius 3 is 2.23 bits per heavy atom. The standard InChI is InChI=1S/C11H24N2/c1-9-8-13(11(3,4)5)10(2)7-12(9)6/h9-10H,7-8H2,1-6H3/t9-,10-/m0/s1/i6D3. The lowest BCUT2D eigenvalue weighted by molar-refractivity contribution is -0.000118. The summed E-state index contributed by atoms with van der Waals surface area (Å²) >= 11 is 0. The van der Waals surface area contributed by atoms with Crippen molar-refractivity contribution in [2.45, 2.75) is 52.2 Å². The van der Waals surface area contributed by atoms with E-state index in [2.05, 4.69) is 32.6 Å². The number of likely N-dealkylation sites (N-methyl/N-ethyl adjacent to an activating group) is 1. The maximum atomic E-state index is 7.51. The lowest BCUT2D eigenvalue weighted by atomic mass is 9.99. The van der Waals surface area contributed by atoms with Gasteiger partial charge < -0.3 is 4.90 Å². The highest BCUT2D eigenvalue weighted by atomic mass is 15.3. The van der Waals surface area contributed by atoms with Gasteiger partial charge in [-0.3, -0.25) is 4.90 Å². The summed E-state index contributed by atoms with van der Waals surface area (Å²) in [5.41, 5.74) is 0.106. The van der Waals surface area contributed by atoms with Gasteiger partial charge >= 0.3 is 0 Å². The number of rotatable bonds is 0. The number of piperazine rings is 1. The van der Waals surface area contributed by atoms with Gasteiger partial charge in [-0.15, -0.1) is 0 Å². The molecular formula is C11H24N2. The van der Waals surface area contributed by atoms with Crippen LogP contribution in [0.4, 0.5) is 0 Å². The fourth-order valence-electron chi connectivity index (χ4n) is 2.06. The van der Waals surface area contributed by atoms with E-state index in [1.165, 1.54) is 0 Å². The second-order valence-corrected chi connectivity index (χ2v) is 5.17. The fourth-order valence-corrected chi connectivity index (χ4v) is 2.06. The molecule has 1 fully saturated rings. The summed E-state index contributed by atoms with van der Waals surface area (Å²) in [6, 6.07) is 0.375. The lowest BCUT2D eigenvalue weighted by Crippen LogP contribution is -2.60. The van der Waals surface area contributed by atoms with Gasteiger partial charge in [0, 0.05) is 34.8 Å². The van der Waals surface area contributed by atoms with Gasteiger partial charge in [0.2, 0.25) is 0 Å². The second-order valence-electron chi connectivity index (χ2n) is 5.17. The van der Waals surface area contributed by atoms with Crippen LogP contribution in [0, 0.1) is 0 Å². The Morgan fingerprint density at radius 1 is 1.15 bits per heavy atom. The van der Waals surface area contributed by atoms with E-state index in [4.69, 9.17) is 4.11 Å². The molecule has 0 spiro atoms. The van der Waals surface area contributed by atoms with E-state index in [0.717, 1.165) is 6.54 Å². The first kappa shape index (κ1) is 7.24. The zero-order valence-corrected chi connectivity index (χ0v) is 9.46. The van der Waals surface area contributed by atoms with Crippen molar-refractivity contribution in [3.8, 4) is 0 Å². The SMILES string of the molecule is [2H]C([2H])([2H])N1C[C@H](C)N(C(C)(C)C)C[C@@H]1C. The Morgan fingerprint density at radius 2 is 1.77 bits per heavy atom. The molecule has 1 aliphatic heterocycles. The van der Waals surface area contributed by atoms with Crippen molar-refractivity contribution in [2.24, 2.45) is 0 Å². The number of hydrogen-bond acceptors (Lipinski definition) is 2. The molecule has 78 valence electrons. The van der Waals surface area contributed by atoms with Gasteiger partial charge in [0.1, 0.15) is 0 Å². The van der Waals surface area contributed by atoms with Crippen molar-refractivity contribution in [1.82, 2.24) is 9.80 Å². The highest BCUT2D eigenvalue weighted by Gasteiger charge is 2.33. The van der Waals surface area contributed by atoms with Crippen molar-refractivity contribution in [1.29, 1.82) is 0 Å². The van der Waals surface area contributed by atoms with E-state index in [1.54, 1.807) is 4.90 Å². The third kappa shape index (κ3) is 2.44. The lowest BCUT2D eigenvalue weighted by Gasteiger charge is -2.48. The van der Waals surface area contributed by atoms with E-state index in [9.17, 15) is 0 Å². The fraction of sp³-hybridized carbons (Fsp3) is 1.00. The van der Waals surface area contributed by atoms with E-state index in [0.29, 0.717) is 6.54 Å². The molecule has 0 amide bonds. The molecule has 1 saturated heterocycles. The topological polar surface area (TPSA) is 6.48 Å². The second kappa shape index (κ2) is 3.58. The molecule has 0 N–H and O–H groups in total. The summed E-state index contributed by atoms with van der Waals surface area (Å²) < 4.78 is 22.5. The predicted molar refractivity (Wildman–Crippen MR) is 58.0 cm³/mol. The Labute approximate surface area is 87.1 Å². The summed E-state index contributed by atoms with van der Waals surface area (Å²) in [6.45, 7) is 10.1. The summed E-state index contributed by atoms with van der Waals surface area (Å²) in [5, 5.41) is 0. The number of hydrogen-bond donors (Lipinski definition) is 0. The van der Waals surface area contributed by atoms with Gasteiger partial charge in [0.15, 0.2) is 0 Å².